The van der Waals surface area contributed by atoms with E-state index in [2.05, 4.69) is 0 Å². The lowest BCUT2D eigenvalue weighted by Crippen LogP contribution is -2.22. The molecule has 0 bridgehead atoms. The molecule has 1 atom stereocenters. The summed E-state index contributed by atoms with van der Waals surface area (Å²) in [6, 6.07) is 0. The fraction of sp³-hybridized carbons (Fsp3) is 0.600. The molecule has 0 saturated heterocycles. The molecule has 1 fully saturated rings. The van der Waals surface area contributed by atoms with Gasteiger partial charge in [0.15, 0.2) is 0 Å². The second-order valence-electron chi connectivity index (χ2n) is 3.68. The third-order valence-corrected chi connectivity index (χ3v) is 2.76. The van der Waals surface area contributed by atoms with E-state index < -0.39 is 0 Å². The second-order valence-corrected chi connectivity index (χ2v) is 3.68. The molecule has 2 aliphatic rings. The zero-order chi connectivity index (χ0) is 8.55. The molecule has 0 amide bonds. The van der Waals surface area contributed by atoms with Crippen molar-refractivity contribution in [3.8, 4) is 0 Å². The Bertz CT molecular complexity index is 261. The summed E-state index contributed by atoms with van der Waals surface area (Å²) in [4.78, 5) is 22.1. The van der Waals surface area contributed by atoms with Gasteiger partial charge in [-0.2, -0.15) is 0 Å². The van der Waals surface area contributed by atoms with Crippen LogP contribution in [0, 0.1) is 5.92 Å². The molecule has 0 aromatic heterocycles. The number of carbonyl (C=O) groups excluding carboxylic acids is 2. The Hall–Kier alpha value is -0.920. The van der Waals surface area contributed by atoms with Crippen LogP contribution in [0.25, 0.3) is 0 Å². The molecule has 0 aromatic rings. The van der Waals surface area contributed by atoms with E-state index in [4.69, 9.17) is 0 Å². The Labute approximate surface area is 71.6 Å². The van der Waals surface area contributed by atoms with E-state index in [1.807, 2.05) is 6.08 Å². The Morgan fingerprint density at radius 2 is 2.08 bits per heavy atom. The van der Waals surface area contributed by atoms with Crippen LogP contribution in [0.2, 0.25) is 0 Å². The van der Waals surface area contributed by atoms with Crippen LogP contribution in [0.3, 0.4) is 0 Å². The quantitative estimate of drug-likeness (QED) is 0.510. The van der Waals surface area contributed by atoms with Crippen molar-refractivity contribution in [2.75, 3.05) is 0 Å². The highest BCUT2D eigenvalue weighted by Gasteiger charge is 2.27. The van der Waals surface area contributed by atoms with Gasteiger partial charge in [0.2, 0.25) is 0 Å². The number of hydrogen-bond donors (Lipinski definition) is 0. The average molecular weight is 164 g/mol. The maximum atomic E-state index is 11.1. The summed E-state index contributed by atoms with van der Waals surface area (Å²) < 4.78 is 0. The van der Waals surface area contributed by atoms with Crippen molar-refractivity contribution in [1.29, 1.82) is 0 Å². The molecule has 12 heavy (non-hydrogen) atoms. The molecule has 1 unspecified atom stereocenters. The van der Waals surface area contributed by atoms with Crippen LogP contribution in [0.4, 0.5) is 0 Å². The first-order chi connectivity index (χ1) is 5.75. The Morgan fingerprint density at radius 1 is 1.25 bits per heavy atom. The summed E-state index contributed by atoms with van der Waals surface area (Å²) in [6.45, 7) is 0. The van der Waals surface area contributed by atoms with Crippen molar-refractivity contribution in [2.45, 2.75) is 32.1 Å². The van der Waals surface area contributed by atoms with Crippen molar-refractivity contribution >= 4 is 11.6 Å². The third kappa shape index (κ3) is 1.33. The molecule has 0 radical (unpaired) electrons. The fourth-order valence-electron chi connectivity index (χ4n) is 2.06. The van der Waals surface area contributed by atoms with Crippen LogP contribution in [0.15, 0.2) is 11.6 Å². The SMILES string of the molecule is O=C1CCC2CC(=O)CC=C2C1. The summed E-state index contributed by atoms with van der Waals surface area (Å²) in [5.41, 5.74) is 1.23. The van der Waals surface area contributed by atoms with Gasteiger partial charge >= 0.3 is 0 Å². The molecule has 0 N–H and O–H groups in total. The first-order valence-corrected chi connectivity index (χ1v) is 4.48. The highest BCUT2D eigenvalue weighted by Crippen LogP contribution is 2.33. The molecule has 1 saturated carbocycles. The molecule has 2 aliphatic carbocycles. The van der Waals surface area contributed by atoms with E-state index in [-0.39, 0.29) is 0 Å². The van der Waals surface area contributed by atoms with Crippen LogP contribution in [-0.2, 0) is 9.59 Å². The normalized spacial score (nSPS) is 29.7. The lowest BCUT2D eigenvalue weighted by molar-refractivity contribution is -0.122. The molecule has 2 heteroatoms. The zero-order valence-corrected chi connectivity index (χ0v) is 7.01. The molecular formula is C10H12O2. The van der Waals surface area contributed by atoms with E-state index in [0.29, 0.717) is 43.2 Å². The topological polar surface area (TPSA) is 34.1 Å². The summed E-state index contributed by atoms with van der Waals surface area (Å²) in [7, 11) is 0. The Morgan fingerprint density at radius 3 is 2.92 bits per heavy atom. The number of carbonyl (C=O) groups is 2. The minimum absolute atomic E-state index is 0.332. The van der Waals surface area contributed by atoms with Crippen LogP contribution in [0.5, 0.6) is 0 Å². The van der Waals surface area contributed by atoms with Crippen LogP contribution in [0.1, 0.15) is 32.1 Å². The monoisotopic (exact) mass is 164 g/mol. The van der Waals surface area contributed by atoms with E-state index in [1.54, 1.807) is 0 Å². The zero-order valence-electron chi connectivity index (χ0n) is 7.01. The van der Waals surface area contributed by atoms with Crippen LogP contribution in [-0.4, -0.2) is 11.6 Å². The van der Waals surface area contributed by atoms with Crippen molar-refractivity contribution in [2.24, 2.45) is 5.92 Å². The second kappa shape index (κ2) is 2.85. The number of fused-ring (bicyclic) bond motifs is 1. The van der Waals surface area contributed by atoms with Gasteiger partial charge in [0.05, 0.1) is 0 Å². The lowest BCUT2D eigenvalue weighted by Gasteiger charge is -2.27. The first kappa shape index (κ1) is 7.71. The smallest absolute Gasteiger partial charge is 0.137 e. The molecule has 0 heterocycles. The van der Waals surface area contributed by atoms with Gasteiger partial charge in [-0.15, -0.1) is 0 Å². The standard InChI is InChI=1S/C10H12O2/c11-9-3-1-7-5-10(12)4-2-8(7)6-9/h1,8H,2-6H2. The highest BCUT2D eigenvalue weighted by molar-refractivity contribution is 5.86. The number of ketones is 2. The third-order valence-electron chi connectivity index (χ3n) is 2.76. The number of allylic oxidation sites excluding steroid dienone is 2. The van der Waals surface area contributed by atoms with Crippen molar-refractivity contribution < 1.29 is 9.59 Å². The molecule has 64 valence electrons. The summed E-state index contributed by atoms with van der Waals surface area (Å²) >= 11 is 0. The largest absolute Gasteiger partial charge is 0.299 e. The lowest BCUT2D eigenvalue weighted by atomic mass is 9.77. The molecular weight excluding hydrogens is 152 g/mol. The number of hydrogen-bond acceptors (Lipinski definition) is 2. The number of Topliss-reactive ketones (excluding diaryl/α,β-unsaturated/α-hetero) is 2. The van der Waals surface area contributed by atoms with Gasteiger partial charge in [-0.1, -0.05) is 11.6 Å². The van der Waals surface area contributed by atoms with E-state index in [1.165, 1.54) is 5.57 Å². The first-order valence-electron chi connectivity index (χ1n) is 4.48. The molecule has 0 spiro atoms. The summed E-state index contributed by atoms with van der Waals surface area (Å²) in [5, 5.41) is 0. The summed E-state index contributed by atoms with van der Waals surface area (Å²) in [5.74, 6) is 1.08. The fourth-order valence-corrected chi connectivity index (χ4v) is 2.06. The van der Waals surface area contributed by atoms with E-state index in [0.717, 1.165) is 6.42 Å². The summed E-state index contributed by atoms with van der Waals surface area (Å²) in [6.07, 6.45) is 5.38. The van der Waals surface area contributed by atoms with Gasteiger partial charge in [-0.25, -0.2) is 0 Å². The molecule has 2 rings (SSSR count). The van der Waals surface area contributed by atoms with Crippen LogP contribution < -0.4 is 0 Å². The Balaban J connectivity index is 2.17. The average Bonchev–Trinajstić information content (AvgIpc) is 2.05. The van der Waals surface area contributed by atoms with Crippen molar-refractivity contribution in [1.82, 2.24) is 0 Å². The molecule has 0 aliphatic heterocycles. The van der Waals surface area contributed by atoms with Crippen molar-refractivity contribution in [3.05, 3.63) is 11.6 Å². The molecule has 0 aromatic carbocycles. The van der Waals surface area contributed by atoms with Gasteiger partial charge in [-0.05, 0) is 12.3 Å². The number of rotatable bonds is 0. The van der Waals surface area contributed by atoms with Gasteiger partial charge < -0.3 is 0 Å². The van der Waals surface area contributed by atoms with E-state index >= 15 is 0 Å². The Kier molecular flexibility index (Phi) is 1.83. The van der Waals surface area contributed by atoms with Gasteiger partial charge in [0, 0.05) is 25.7 Å². The van der Waals surface area contributed by atoms with E-state index in [9.17, 15) is 9.59 Å². The maximum Gasteiger partial charge on any atom is 0.137 e. The minimum atomic E-state index is 0.332. The van der Waals surface area contributed by atoms with Crippen LogP contribution >= 0.6 is 0 Å². The molecule has 2 nitrogen and oxygen atoms in total. The minimum Gasteiger partial charge on any atom is -0.299 e. The van der Waals surface area contributed by atoms with Gasteiger partial charge in [0.1, 0.15) is 11.6 Å². The van der Waals surface area contributed by atoms with Gasteiger partial charge in [-0.3, -0.25) is 9.59 Å². The van der Waals surface area contributed by atoms with Gasteiger partial charge in [0.25, 0.3) is 0 Å². The highest BCUT2D eigenvalue weighted by atomic mass is 16.1. The predicted molar refractivity (Wildman–Crippen MR) is 44.7 cm³/mol. The van der Waals surface area contributed by atoms with Crippen molar-refractivity contribution in [3.63, 3.8) is 0 Å². The predicted octanol–water partition coefficient (Wildman–Crippen LogP) is 1.64. The maximum absolute atomic E-state index is 11.1.